The Labute approximate surface area is 114 Å². The minimum Gasteiger partial charge on any atom is -0.299 e. The minimum absolute atomic E-state index is 0.630. The molecule has 1 aliphatic carbocycles. The maximum Gasteiger partial charge on any atom is 0.0359 e. The van der Waals surface area contributed by atoms with Crippen molar-refractivity contribution in [1.82, 2.24) is 4.90 Å². The Hall–Kier alpha value is -1.60. The van der Waals surface area contributed by atoms with Gasteiger partial charge in [0.1, 0.15) is 0 Å². The number of hydrogen-bond donors (Lipinski definition) is 0. The van der Waals surface area contributed by atoms with Crippen molar-refractivity contribution in [2.24, 2.45) is 0 Å². The summed E-state index contributed by atoms with van der Waals surface area (Å²) in [5, 5.41) is 0. The van der Waals surface area contributed by atoms with Crippen LogP contribution in [0.3, 0.4) is 0 Å². The molecule has 2 bridgehead atoms. The highest BCUT2D eigenvalue weighted by molar-refractivity contribution is 5.71. The van der Waals surface area contributed by atoms with Gasteiger partial charge in [0, 0.05) is 6.04 Å². The lowest BCUT2D eigenvalue weighted by Gasteiger charge is -2.30. The van der Waals surface area contributed by atoms with E-state index in [4.69, 9.17) is 0 Å². The zero-order chi connectivity index (χ0) is 12.8. The molecular weight excluding hydrogens is 230 g/mol. The second-order valence-electron chi connectivity index (χ2n) is 5.89. The summed E-state index contributed by atoms with van der Waals surface area (Å²) in [6, 6.07) is 18.4. The summed E-state index contributed by atoms with van der Waals surface area (Å²) >= 11 is 0. The maximum atomic E-state index is 2.54. The van der Waals surface area contributed by atoms with Crippen molar-refractivity contribution in [3.8, 4) is 11.1 Å². The monoisotopic (exact) mass is 249 g/mol. The molecule has 2 unspecified atom stereocenters. The molecule has 2 aromatic rings. The van der Waals surface area contributed by atoms with Gasteiger partial charge in [-0.25, -0.2) is 0 Å². The first-order valence-corrected chi connectivity index (χ1v) is 7.23. The highest BCUT2D eigenvalue weighted by atomic mass is 15.1. The van der Waals surface area contributed by atoms with Crippen molar-refractivity contribution in [3.63, 3.8) is 0 Å². The molecule has 1 fully saturated rings. The van der Waals surface area contributed by atoms with Crippen LogP contribution in [0.5, 0.6) is 0 Å². The Morgan fingerprint density at radius 3 is 2.68 bits per heavy atom. The van der Waals surface area contributed by atoms with Crippen molar-refractivity contribution in [2.75, 3.05) is 13.6 Å². The molecule has 1 heterocycles. The third-order valence-corrected chi connectivity index (χ3v) is 4.87. The Kier molecular flexibility index (Phi) is 2.49. The fourth-order valence-electron chi connectivity index (χ4n) is 3.88. The highest BCUT2D eigenvalue weighted by Crippen LogP contribution is 2.51. The van der Waals surface area contributed by atoms with E-state index in [1.807, 2.05) is 0 Å². The number of benzene rings is 2. The van der Waals surface area contributed by atoms with Crippen molar-refractivity contribution in [2.45, 2.75) is 24.8 Å². The van der Waals surface area contributed by atoms with E-state index in [1.165, 1.54) is 30.5 Å². The fourth-order valence-corrected chi connectivity index (χ4v) is 3.88. The van der Waals surface area contributed by atoms with E-state index >= 15 is 0 Å². The molecular formula is C18H19N. The quantitative estimate of drug-likeness (QED) is 0.731. The van der Waals surface area contributed by atoms with E-state index in [0.717, 1.165) is 5.92 Å². The van der Waals surface area contributed by atoms with Crippen LogP contribution in [-0.4, -0.2) is 18.5 Å². The number of likely N-dealkylation sites (tertiary alicyclic amines) is 1. The molecule has 2 atom stereocenters. The molecule has 0 amide bonds. The van der Waals surface area contributed by atoms with Crippen LogP contribution in [0.2, 0.25) is 0 Å². The second-order valence-corrected chi connectivity index (χ2v) is 5.89. The first kappa shape index (κ1) is 11.2. The Morgan fingerprint density at radius 2 is 1.84 bits per heavy atom. The lowest BCUT2D eigenvalue weighted by Crippen LogP contribution is -2.28. The molecule has 4 rings (SSSR count). The van der Waals surface area contributed by atoms with Crippen LogP contribution in [-0.2, 0) is 0 Å². The Morgan fingerprint density at radius 1 is 1.00 bits per heavy atom. The van der Waals surface area contributed by atoms with Crippen LogP contribution in [0.4, 0.5) is 0 Å². The highest BCUT2D eigenvalue weighted by Gasteiger charge is 2.38. The zero-order valence-corrected chi connectivity index (χ0v) is 11.3. The Balaban J connectivity index is 1.92. The van der Waals surface area contributed by atoms with E-state index in [9.17, 15) is 0 Å². The molecule has 1 nitrogen and oxygen atoms in total. The van der Waals surface area contributed by atoms with Crippen molar-refractivity contribution in [3.05, 3.63) is 59.7 Å². The van der Waals surface area contributed by atoms with Gasteiger partial charge in [0.2, 0.25) is 0 Å². The van der Waals surface area contributed by atoms with Crippen LogP contribution in [0, 0.1) is 0 Å². The van der Waals surface area contributed by atoms with E-state index < -0.39 is 0 Å². The van der Waals surface area contributed by atoms with E-state index in [1.54, 1.807) is 11.1 Å². The Bertz CT molecular complexity index is 602. The van der Waals surface area contributed by atoms with Gasteiger partial charge in [-0.15, -0.1) is 0 Å². The molecule has 1 heteroatoms. The molecule has 1 saturated heterocycles. The number of hydrogen-bond acceptors (Lipinski definition) is 1. The third-order valence-electron chi connectivity index (χ3n) is 4.87. The summed E-state index contributed by atoms with van der Waals surface area (Å²) < 4.78 is 0. The summed E-state index contributed by atoms with van der Waals surface area (Å²) in [6.07, 6.45) is 2.63. The molecule has 2 aliphatic rings. The van der Waals surface area contributed by atoms with Gasteiger partial charge in [0.15, 0.2) is 0 Å². The summed E-state index contributed by atoms with van der Waals surface area (Å²) in [5.41, 5.74) is 6.01. The zero-order valence-electron chi connectivity index (χ0n) is 11.3. The summed E-state index contributed by atoms with van der Waals surface area (Å²) in [4.78, 5) is 2.54. The molecule has 0 aromatic heterocycles. The van der Waals surface area contributed by atoms with Gasteiger partial charge in [-0.05, 0) is 54.6 Å². The minimum atomic E-state index is 0.630. The summed E-state index contributed by atoms with van der Waals surface area (Å²) in [7, 11) is 2.28. The standard InChI is InChI=1S/C18H19N/c1-19-11-10-14-12-17(19)18-15(8-5-9-16(14)18)13-6-3-2-4-7-13/h2-9,14,17H,10-12H2,1H3. The SMILES string of the molecule is CN1CCC2CC1c1c(-c3ccccc3)cccc12. The average molecular weight is 249 g/mol. The lowest BCUT2D eigenvalue weighted by molar-refractivity contribution is 0.192. The molecule has 96 valence electrons. The molecule has 2 aromatic carbocycles. The van der Waals surface area contributed by atoms with E-state index in [-0.39, 0.29) is 0 Å². The summed E-state index contributed by atoms with van der Waals surface area (Å²) in [5.74, 6) is 0.792. The number of piperidine rings is 1. The van der Waals surface area contributed by atoms with Crippen molar-refractivity contribution < 1.29 is 0 Å². The molecule has 1 aliphatic heterocycles. The first-order chi connectivity index (χ1) is 9.34. The van der Waals surface area contributed by atoms with Gasteiger partial charge in [-0.1, -0.05) is 48.5 Å². The second kappa shape index (κ2) is 4.21. The molecule has 19 heavy (non-hydrogen) atoms. The number of rotatable bonds is 1. The van der Waals surface area contributed by atoms with Crippen LogP contribution in [0.1, 0.15) is 35.9 Å². The summed E-state index contributed by atoms with van der Waals surface area (Å²) in [6.45, 7) is 1.23. The first-order valence-electron chi connectivity index (χ1n) is 7.23. The number of fused-ring (bicyclic) bond motifs is 5. The van der Waals surface area contributed by atoms with Crippen molar-refractivity contribution in [1.29, 1.82) is 0 Å². The van der Waals surface area contributed by atoms with Crippen LogP contribution < -0.4 is 0 Å². The lowest BCUT2D eigenvalue weighted by atomic mass is 9.94. The third kappa shape index (κ3) is 1.65. The van der Waals surface area contributed by atoms with Gasteiger partial charge in [-0.3, -0.25) is 4.90 Å². The fraction of sp³-hybridized carbons (Fsp3) is 0.333. The molecule has 0 N–H and O–H groups in total. The maximum absolute atomic E-state index is 2.54. The smallest absolute Gasteiger partial charge is 0.0359 e. The van der Waals surface area contributed by atoms with Gasteiger partial charge < -0.3 is 0 Å². The van der Waals surface area contributed by atoms with Gasteiger partial charge >= 0.3 is 0 Å². The molecule has 0 spiro atoms. The van der Waals surface area contributed by atoms with E-state index in [0.29, 0.717) is 6.04 Å². The predicted octanol–water partition coefficient (Wildman–Crippen LogP) is 4.22. The van der Waals surface area contributed by atoms with Gasteiger partial charge in [0.25, 0.3) is 0 Å². The predicted molar refractivity (Wildman–Crippen MR) is 79.2 cm³/mol. The van der Waals surface area contributed by atoms with Crippen LogP contribution >= 0.6 is 0 Å². The molecule has 0 radical (unpaired) electrons. The van der Waals surface area contributed by atoms with Crippen LogP contribution in [0.15, 0.2) is 48.5 Å². The largest absolute Gasteiger partial charge is 0.299 e. The number of nitrogens with zero attached hydrogens (tertiary/aromatic N) is 1. The van der Waals surface area contributed by atoms with Crippen molar-refractivity contribution >= 4 is 0 Å². The van der Waals surface area contributed by atoms with Gasteiger partial charge in [0.05, 0.1) is 0 Å². The molecule has 0 saturated carbocycles. The average Bonchev–Trinajstić information content (AvgIpc) is 2.79. The topological polar surface area (TPSA) is 3.24 Å². The van der Waals surface area contributed by atoms with E-state index in [2.05, 4.69) is 60.5 Å². The van der Waals surface area contributed by atoms with Crippen LogP contribution in [0.25, 0.3) is 11.1 Å². The van der Waals surface area contributed by atoms with Gasteiger partial charge in [-0.2, -0.15) is 0 Å². The normalized spacial score (nSPS) is 25.3.